The quantitative estimate of drug-likeness (QED) is 0.0195. The molecule has 0 aliphatic carbocycles. The Bertz CT molecular complexity index is 1250. The summed E-state index contributed by atoms with van der Waals surface area (Å²) in [5.41, 5.74) is 0. The summed E-state index contributed by atoms with van der Waals surface area (Å²) in [6.45, 7) is 4.37. The number of unbranched alkanes of at least 4 members (excludes halogenated alkanes) is 43. The van der Waals surface area contributed by atoms with Crippen molar-refractivity contribution in [3.05, 3.63) is 12.2 Å². The highest BCUT2D eigenvalue weighted by molar-refractivity contribution is 5.76. The van der Waals surface area contributed by atoms with Gasteiger partial charge in [0, 0.05) is 12.8 Å². The zero-order valence-electron chi connectivity index (χ0n) is 49.0. The molecule has 0 radical (unpaired) electrons. The Hall–Kier alpha value is -1.60. The summed E-state index contributed by atoms with van der Waals surface area (Å²) in [6, 6.07) is -0.810. The normalized spacial score (nSPS) is 18.7. The van der Waals surface area contributed by atoms with Crippen LogP contribution in [0.5, 0.6) is 0 Å². The predicted octanol–water partition coefficient (Wildman–Crippen LogP) is 15.5. The van der Waals surface area contributed by atoms with Crippen LogP contribution in [-0.4, -0.2) is 100 Å². The minimum atomic E-state index is -1.57. The number of ether oxygens (including phenoxy) is 3. The summed E-state index contributed by atoms with van der Waals surface area (Å²) in [7, 11) is 0. The number of hydrogen-bond donors (Lipinski definition) is 6. The van der Waals surface area contributed by atoms with Crippen LogP contribution in [0.4, 0.5) is 0 Å². The van der Waals surface area contributed by atoms with Gasteiger partial charge >= 0.3 is 5.97 Å². The summed E-state index contributed by atoms with van der Waals surface area (Å²) in [4.78, 5) is 25.1. The van der Waals surface area contributed by atoms with Crippen LogP contribution in [0.1, 0.15) is 322 Å². The van der Waals surface area contributed by atoms with Crippen molar-refractivity contribution < 1.29 is 49.3 Å². The Kier molecular flexibility index (Phi) is 51.8. The van der Waals surface area contributed by atoms with E-state index in [9.17, 15) is 35.1 Å². The first-order chi connectivity index (χ1) is 36.7. The summed E-state index contributed by atoms with van der Waals surface area (Å²) in [6.07, 6.45) is 54.4. The van der Waals surface area contributed by atoms with Crippen molar-refractivity contribution in [1.29, 1.82) is 0 Å². The highest BCUT2D eigenvalue weighted by atomic mass is 16.7. The molecule has 11 nitrogen and oxygen atoms in total. The van der Waals surface area contributed by atoms with Gasteiger partial charge in [-0.05, 0) is 32.1 Å². The fourth-order valence-electron chi connectivity index (χ4n) is 10.5. The minimum absolute atomic E-state index is 0.000679. The number of nitrogens with one attached hydrogen (secondary N) is 1. The number of aliphatic hydroxyl groups excluding tert-OH is 5. The first-order valence-corrected chi connectivity index (χ1v) is 32.5. The van der Waals surface area contributed by atoms with E-state index in [-0.39, 0.29) is 18.5 Å². The molecule has 7 atom stereocenters. The van der Waals surface area contributed by atoms with Crippen molar-refractivity contribution in [2.45, 2.75) is 365 Å². The number of hydrogen-bond acceptors (Lipinski definition) is 10. The predicted molar refractivity (Wildman–Crippen MR) is 311 cm³/mol. The molecular weight excluding hydrogens is 943 g/mol. The van der Waals surface area contributed by atoms with Crippen LogP contribution < -0.4 is 5.32 Å². The van der Waals surface area contributed by atoms with E-state index in [1.54, 1.807) is 6.08 Å². The molecule has 7 unspecified atom stereocenters. The second-order valence-corrected chi connectivity index (χ2v) is 22.8. The second-order valence-electron chi connectivity index (χ2n) is 22.8. The van der Waals surface area contributed by atoms with Crippen LogP contribution in [0, 0.1) is 0 Å². The molecule has 75 heavy (non-hydrogen) atoms. The molecule has 0 aromatic rings. The molecule has 1 rings (SSSR count). The smallest absolute Gasteiger partial charge is 0.305 e. The lowest BCUT2D eigenvalue weighted by molar-refractivity contribution is -0.302. The third-order valence-electron chi connectivity index (χ3n) is 15.7. The van der Waals surface area contributed by atoms with Gasteiger partial charge in [0.25, 0.3) is 0 Å². The molecule has 1 saturated heterocycles. The standard InChI is InChI=1S/C64H123NO10/c1-3-5-7-9-11-13-15-16-24-27-31-34-38-42-46-50-57(67)56(55-74-64-63(72)62(71)61(70)58(54-66)75-64)65-59(68)51-47-43-39-35-32-28-25-22-20-18-17-19-21-23-26-29-33-37-41-45-49-53-73-60(69)52-48-44-40-36-30-14-12-10-8-6-4-2/h46,50,56-58,61-64,66-67,70-72H,3-45,47-49,51-55H2,1-2H3,(H,65,68)/b50-46+. The Morgan fingerprint density at radius 2 is 0.840 bits per heavy atom. The van der Waals surface area contributed by atoms with E-state index in [2.05, 4.69) is 19.2 Å². The zero-order chi connectivity index (χ0) is 54.5. The van der Waals surface area contributed by atoms with Crippen LogP contribution in [0.2, 0.25) is 0 Å². The van der Waals surface area contributed by atoms with Gasteiger partial charge in [0.2, 0.25) is 5.91 Å². The highest BCUT2D eigenvalue weighted by Gasteiger charge is 2.44. The maximum absolute atomic E-state index is 13.1. The molecular formula is C64H123NO10. The summed E-state index contributed by atoms with van der Waals surface area (Å²) in [5.74, 6) is -0.180. The van der Waals surface area contributed by atoms with E-state index < -0.39 is 49.5 Å². The van der Waals surface area contributed by atoms with Gasteiger partial charge < -0.3 is 45.1 Å². The van der Waals surface area contributed by atoms with Gasteiger partial charge in [-0.2, -0.15) is 0 Å². The van der Waals surface area contributed by atoms with Crippen LogP contribution in [-0.2, 0) is 23.8 Å². The zero-order valence-corrected chi connectivity index (χ0v) is 49.0. The summed E-state index contributed by atoms with van der Waals surface area (Å²) >= 11 is 0. The Morgan fingerprint density at radius 3 is 1.24 bits per heavy atom. The largest absolute Gasteiger partial charge is 0.466 e. The Morgan fingerprint density at radius 1 is 0.480 bits per heavy atom. The van der Waals surface area contributed by atoms with Crippen molar-refractivity contribution in [3.63, 3.8) is 0 Å². The lowest BCUT2D eigenvalue weighted by atomic mass is 9.99. The number of carbonyl (C=O) groups is 2. The molecule has 0 aromatic carbocycles. The molecule has 444 valence electrons. The lowest BCUT2D eigenvalue weighted by Crippen LogP contribution is -2.60. The van der Waals surface area contributed by atoms with Gasteiger partial charge in [0.1, 0.15) is 24.4 Å². The number of amides is 1. The third-order valence-corrected chi connectivity index (χ3v) is 15.7. The van der Waals surface area contributed by atoms with Gasteiger partial charge in [-0.25, -0.2) is 0 Å². The van der Waals surface area contributed by atoms with Crippen LogP contribution in [0.25, 0.3) is 0 Å². The molecule has 0 spiro atoms. The molecule has 1 aliphatic heterocycles. The molecule has 0 aromatic heterocycles. The van der Waals surface area contributed by atoms with Gasteiger partial charge in [0.05, 0.1) is 32.0 Å². The van der Waals surface area contributed by atoms with Crippen LogP contribution in [0.15, 0.2) is 12.2 Å². The van der Waals surface area contributed by atoms with Crippen molar-refractivity contribution >= 4 is 11.9 Å². The molecule has 0 saturated carbocycles. The fourth-order valence-corrected chi connectivity index (χ4v) is 10.5. The SMILES string of the molecule is CCCCCCCCCCCCCCC/C=C/C(O)C(COC1OC(CO)C(O)C(O)C1O)NC(=O)CCCCCCCCCCCCCCCCCCCCCCCOC(=O)CCCCCCCCCCCCC. The number of rotatable bonds is 57. The van der Waals surface area contributed by atoms with Gasteiger partial charge in [0.15, 0.2) is 6.29 Å². The van der Waals surface area contributed by atoms with Crippen molar-refractivity contribution in [3.8, 4) is 0 Å². The molecule has 1 aliphatic rings. The highest BCUT2D eigenvalue weighted by Crippen LogP contribution is 2.23. The molecule has 1 fully saturated rings. The third kappa shape index (κ3) is 43.9. The van der Waals surface area contributed by atoms with E-state index in [0.717, 1.165) is 57.8 Å². The minimum Gasteiger partial charge on any atom is -0.466 e. The van der Waals surface area contributed by atoms with Crippen LogP contribution >= 0.6 is 0 Å². The maximum atomic E-state index is 13.1. The first-order valence-electron chi connectivity index (χ1n) is 32.5. The van der Waals surface area contributed by atoms with Gasteiger partial charge in [-0.1, -0.05) is 289 Å². The van der Waals surface area contributed by atoms with E-state index in [4.69, 9.17) is 14.2 Å². The Labute approximate surface area is 461 Å². The van der Waals surface area contributed by atoms with Gasteiger partial charge in [-0.15, -0.1) is 0 Å². The van der Waals surface area contributed by atoms with Crippen molar-refractivity contribution in [1.82, 2.24) is 5.32 Å². The molecule has 0 bridgehead atoms. The maximum Gasteiger partial charge on any atom is 0.305 e. The summed E-state index contributed by atoms with van der Waals surface area (Å²) in [5, 5.41) is 54.5. The topological polar surface area (TPSA) is 175 Å². The molecule has 6 N–H and O–H groups in total. The number of esters is 1. The number of carbonyl (C=O) groups excluding carboxylic acids is 2. The van der Waals surface area contributed by atoms with E-state index in [1.807, 2.05) is 6.08 Å². The van der Waals surface area contributed by atoms with E-state index >= 15 is 0 Å². The van der Waals surface area contributed by atoms with E-state index in [1.165, 1.54) is 238 Å². The lowest BCUT2D eigenvalue weighted by Gasteiger charge is -2.40. The molecule has 11 heteroatoms. The molecule has 1 heterocycles. The summed E-state index contributed by atoms with van der Waals surface area (Å²) < 4.78 is 16.7. The number of aliphatic hydroxyl groups is 5. The second kappa shape index (κ2) is 54.4. The number of allylic oxidation sites excluding steroid dienone is 1. The van der Waals surface area contributed by atoms with Gasteiger partial charge in [-0.3, -0.25) is 9.59 Å². The van der Waals surface area contributed by atoms with E-state index in [0.29, 0.717) is 19.4 Å². The van der Waals surface area contributed by atoms with Crippen molar-refractivity contribution in [2.24, 2.45) is 0 Å². The first kappa shape index (κ1) is 71.4. The van der Waals surface area contributed by atoms with Crippen molar-refractivity contribution in [2.75, 3.05) is 19.8 Å². The average molecular weight is 1070 g/mol. The average Bonchev–Trinajstić information content (AvgIpc) is 3.41. The fraction of sp³-hybridized carbons (Fsp3) is 0.938. The monoisotopic (exact) mass is 1070 g/mol. The Balaban J connectivity index is 2.06. The molecule has 1 amide bonds. The van der Waals surface area contributed by atoms with Crippen LogP contribution in [0.3, 0.4) is 0 Å².